The molecular weight excluding hydrogens is 302 g/mol. The van der Waals surface area contributed by atoms with Crippen LogP contribution in [0.15, 0.2) is 18.3 Å². The summed E-state index contributed by atoms with van der Waals surface area (Å²) in [5.74, 6) is 0.693. The Morgan fingerprint density at radius 3 is 2.32 bits per heavy atom. The van der Waals surface area contributed by atoms with Gasteiger partial charge in [0.1, 0.15) is 15.5 Å². The minimum absolute atomic E-state index is 0.0818. The van der Waals surface area contributed by atoms with E-state index in [4.69, 9.17) is 0 Å². The summed E-state index contributed by atoms with van der Waals surface area (Å²) >= 11 is 0. The normalized spacial score (nSPS) is 23.6. The number of aryl methyl sites for hydroxylation is 1. The number of carbonyl (C=O) groups is 1. The molecule has 0 aromatic carbocycles. The number of carbonyl (C=O) groups excluding carboxylic acids is 1. The van der Waals surface area contributed by atoms with Crippen molar-refractivity contribution >= 4 is 15.7 Å². The number of aromatic nitrogens is 1. The van der Waals surface area contributed by atoms with Crippen LogP contribution >= 0.6 is 0 Å². The molecular formula is C15H23N3O3S. The van der Waals surface area contributed by atoms with Crippen molar-refractivity contribution in [1.82, 2.24) is 14.4 Å². The monoisotopic (exact) mass is 325 g/mol. The minimum atomic E-state index is -2.81. The molecule has 1 aromatic rings. The van der Waals surface area contributed by atoms with Crippen LogP contribution in [0.1, 0.15) is 23.3 Å². The summed E-state index contributed by atoms with van der Waals surface area (Å²) in [6.45, 7) is 3.10. The largest absolute Gasteiger partial charge is 0.347 e. The van der Waals surface area contributed by atoms with E-state index in [1.807, 2.05) is 34.8 Å². The third-order valence-electron chi connectivity index (χ3n) is 4.80. The predicted molar refractivity (Wildman–Crippen MR) is 84.6 cm³/mol. The van der Waals surface area contributed by atoms with Crippen LogP contribution in [-0.4, -0.2) is 72.4 Å². The van der Waals surface area contributed by atoms with E-state index >= 15 is 0 Å². The average Bonchev–Trinajstić information content (AvgIpc) is 2.93. The van der Waals surface area contributed by atoms with Gasteiger partial charge >= 0.3 is 0 Å². The Balaban J connectivity index is 1.55. The fourth-order valence-electron chi connectivity index (χ4n) is 3.38. The molecule has 2 aliphatic heterocycles. The quantitative estimate of drug-likeness (QED) is 0.788. The first kappa shape index (κ1) is 15.6. The summed E-state index contributed by atoms with van der Waals surface area (Å²) in [5, 5.41) is 0. The summed E-state index contributed by atoms with van der Waals surface area (Å²) in [6, 6.07) is 4.09. The summed E-state index contributed by atoms with van der Waals surface area (Å²) in [5.41, 5.74) is 0.720. The van der Waals surface area contributed by atoms with Gasteiger partial charge in [-0.1, -0.05) is 0 Å². The molecule has 0 N–H and O–H groups in total. The Morgan fingerprint density at radius 2 is 1.77 bits per heavy atom. The summed E-state index contributed by atoms with van der Waals surface area (Å²) in [4.78, 5) is 16.7. The van der Waals surface area contributed by atoms with Crippen molar-refractivity contribution in [2.45, 2.75) is 18.9 Å². The molecule has 3 heterocycles. The molecule has 0 atom stereocenters. The lowest BCUT2D eigenvalue weighted by Gasteiger charge is -2.40. The fourth-order valence-corrected chi connectivity index (χ4v) is 4.84. The van der Waals surface area contributed by atoms with Crippen molar-refractivity contribution in [3.8, 4) is 0 Å². The Kier molecular flexibility index (Phi) is 4.27. The van der Waals surface area contributed by atoms with Crippen molar-refractivity contribution in [1.29, 1.82) is 0 Å². The third kappa shape index (κ3) is 3.20. The number of rotatable bonds is 2. The Labute approximate surface area is 131 Å². The second-order valence-corrected chi connectivity index (χ2v) is 8.52. The van der Waals surface area contributed by atoms with Crippen molar-refractivity contribution in [3.63, 3.8) is 0 Å². The molecule has 1 amide bonds. The van der Waals surface area contributed by atoms with Crippen LogP contribution in [0.2, 0.25) is 0 Å². The van der Waals surface area contributed by atoms with Gasteiger partial charge in [0.25, 0.3) is 5.91 Å². The number of sulfone groups is 1. The fraction of sp³-hybridized carbons (Fsp3) is 0.667. The van der Waals surface area contributed by atoms with Gasteiger partial charge < -0.3 is 9.47 Å². The molecule has 0 bridgehead atoms. The van der Waals surface area contributed by atoms with Gasteiger partial charge in [0.05, 0.1) is 11.5 Å². The second kappa shape index (κ2) is 6.04. The van der Waals surface area contributed by atoms with Gasteiger partial charge in [-0.05, 0) is 25.0 Å². The van der Waals surface area contributed by atoms with Crippen LogP contribution in [0.5, 0.6) is 0 Å². The molecule has 2 fully saturated rings. The number of nitrogens with zero attached hydrogens (tertiary/aromatic N) is 3. The highest BCUT2D eigenvalue weighted by atomic mass is 32.2. The summed E-state index contributed by atoms with van der Waals surface area (Å²) in [6.07, 6.45) is 3.34. The molecule has 122 valence electrons. The van der Waals surface area contributed by atoms with Gasteiger partial charge in [0, 0.05) is 45.5 Å². The van der Waals surface area contributed by atoms with Crippen LogP contribution in [0.4, 0.5) is 0 Å². The maximum absolute atomic E-state index is 12.5. The Hall–Kier alpha value is -1.34. The number of hydrogen-bond acceptors (Lipinski definition) is 4. The molecule has 6 nitrogen and oxygen atoms in total. The molecule has 2 aliphatic rings. The number of piperazine rings is 1. The van der Waals surface area contributed by atoms with Crippen molar-refractivity contribution in [3.05, 3.63) is 24.0 Å². The van der Waals surface area contributed by atoms with Gasteiger partial charge in [-0.3, -0.25) is 9.69 Å². The number of hydrogen-bond donors (Lipinski definition) is 0. The lowest BCUT2D eigenvalue weighted by atomic mass is 10.1. The van der Waals surface area contributed by atoms with Crippen molar-refractivity contribution in [2.75, 3.05) is 37.7 Å². The van der Waals surface area contributed by atoms with Gasteiger partial charge in [-0.25, -0.2) is 8.42 Å². The zero-order valence-corrected chi connectivity index (χ0v) is 13.8. The highest BCUT2D eigenvalue weighted by molar-refractivity contribution is 7.91. The molecule has 1 aromatic heterocycles. The Morgan fingerprint density at radius 1 is 1.14 bits per heavy atom. The average molecular weight is 325 g/mol. The van der Waals surface area contributed by atoms with Gasteiger partial charge in [0.2, 0.25) is 0 Å². The van der Waals surface area contributed by atoms with Crippen LogP contribution in [0.25, 0.3) is 0 Å². The first-order valence-corrected chi connectivity index (χ1v) is 9.63. The topological polar surface area (TPSA) is 62.6 Å². The zero-order chi connectivity index (χ0) is 15.7. The molecule has 22 heavy (non-hydrogen) atoms. The highest BCUT2D eigenvalue weighted by Gasteiger charge is 2.31. The summed E-state index contributed by atoms with van der Waals surface area (Å²) in [7, 11) is -0.926. The predicted octanol–water partition coefficient (Wildman–Crippen LogP) is 0.360. The van der Waals surface area contributed by atoms with E-state index in [0.717, 1.165) is 31.6 Å². The molecule has 2 saturated heterocycles. The lowest BCUT2D eigenvalue weighted by molar-refractivity contribution is 0.0549. The van der Waals surface area contributed by atoms with Crippen molar-refractivity contribution < 1.29 is 13.2 Å². The van der Waals surface area contributed by atoms with E-state index in [-0.39, 0.29) is 5.91 Å². The van der Waals surface area contributed by atoms with Crippen LogP contribution < -0.4 is 0 Å². The zero-order valence-electron chi connectivity index (χ0n) is 12.9. The SMILES string of the molecule is Cn1cccc1C(=O)N1CCN(C2CCS(=O)(=O)CC2)CC1. The van der Waals surface area contributed by atoms with Gasteiger partial charge in [-0.2, -0.15) is 0 Å². The van der Waals surface area contributed by atoms with Crippen LogP contribution in [0.3, 0.4) is 0 Å². The smallest absolute Gasteiger partial charge is 0.270 e. The van der Waals surface area contributed by atoms with E-state index in [1.54, 1.807) is 0 Å². The van der Waals surface area contributed by atoms with E-state index < -0.39 is 9.84 Å². The second-order valence-electron chi connectivity index (χ2n) is 6.22. The van der Waals surface area contributed by atoms with E-state index in [0.29, 0.717) is 30.6 Å². The molecule has 7 heteroatoms. The van der Waals surface area contributed by atoms with E-state index in [2.05, 4.69) is 4.90 Å². The van der Waals surface area contributed by atoms with Crippen LogP contribution in [-0.2, 0) is 16.9 Å². The first-order chi connectivity index (χ1) is 10.5. The molecule has 0 saturated carbocycles. The standard InChI is InChI=1S/C15H23N3O3S/c1-16-6-2-3-14(16)15(19)18-9-7-17(8-10-18)13-4-11-22(20,21)12-5-13/h2-3,6,13H,4-5,7-12H2,1H3. The van der Waals surface area contributed by atoms with Gasteiger partial charge in [0.15, 0.2) is 0 Å². The molecule has 0 radical (unpaired) electrons. The molecule has 0 spiro atoms. The Bertz CT molecular complexity index is 631. The molecule has 0 unspecified atom stereocenters. The third-order valence-corrected chi connectivity index (χ3v) is 6.52. The highest BCUT2D eigenvalue weighted by Crippen LogP contribution is 2.20. The van der Waals surface area contributed by atoms with E-state index in [9.17, 15) is 13.2 Å². The maximum atomic E-state index is 12.5. The van der Waals surface area contributed by atoms with Gasteiger partial charge in [-0.15, -0.1) is 0 Å². The van der Waals surface area contributed by atoms with Crippen molar-refractivity contribution in [2.24, 2.45) is 7.05 Å². The maximum Gasteiger partial charge on any atom is 0.270 e. The molecule has 3 rings (SSSR count). The lowest BCUT2D eigenvalue weighted by Crippen LogP contribution is -2.53. The number of amides is 1. The first-order valence-electron chi connectivity index (χ1n) is 7.81. The van der Waals surface area contributed by atoms with Crippen LogP contribution in [0, 0.1) is 0 Å². The summed E-state index contributed by atoms with van der Waals surface area (Å²) < 4.78 is 24.9. The minimum Gasteiger partial charge on any atom is -0.347 e. The van der Waals surface area contributed by atoms with E-state index in [1.165, 1.54) is 0 Å². The molecule has 0 aliphatic carbocycles.